The first kappa shape index (κ1) is 29.5. The Balaban J connectivity index is 1.67. The molecule has 206 valence electrons. The monoisotopic (exact) mass is 641 g/mol. The summed E-state index contributed by atoms with van der Waals surface area (Å²) < 4.78 is 17.3. The maximum atomic E-state index is 12.9. The van der Waals surface area contributed by atoms with Crippen LogP contribution in [0.5, 0.6) is 11.5 Å². The van der Waals surface area contributed by atoms with E-state index in [1.165, 1.54) is 13.2 Å². The minimum atomic E-state index is -0.793. The Morgan fingerprint density at radius 3 is 2.50 bits per heavy atom. The summed E-state index contributed by atoms with van der Waals surface area (Å²) in [6.45, 7) is 4.10. The molecular weight excluding hydrogens is 618 g/mol. The van der Waals surface area contributed by atoms with Gasteiger partial charge in [-0.05, 0) is 55.3 Å². The highest BCUT2D eigenvalue weighted by atomic mass is 79.9. The SMILES string of the molecule is CCOC(=O)C1=C(O)/C(=C/c2cc(OC)c(OCc3ccc(C)cc3)cc2Br)SC1=NC(=O)c1ccccc1Cl. The fourth-order valence-corrected chi connectivity index (χ4v) is 5.36. The maximum absolute atomic E-state index is 12.9. The summed E-state index contributed by atoms with van der Waals surface area (Å²) in [5.74, 6) is -0.794. The molecule has 1 N–H and O–H groups in total. The molecule has 1 heterocycles. The van der Waals surface area contributed by atoms with E-state index in [1.807, 2.05) is 31.2 Å². The maximum Gasteiger partial charge on any atom is 0.344 e. The van der Waals surface area contributed by atoms with Crippen LogP contribution < -0.4 is 9.47 Å². The summed E-state index contributed by atoms with van der Waals surface area (Å²) >= 11 is 10.7. The number of hydrogen-bond acceptors (Lipinski definition) is 7. The lowest BCUT2D eigenvalue weighted by Crippen LogP contribution is -2.14. The Labute approximate surface area is 249 Å². The number of carbonyl (C=O) groups excluding carboxylic acids is 2. The summed E-state index contributed by atoms with van der Waals surface area (Å²) in [5.41, 5.74) is 2.79. The lowest BCUT2D eigenvalue weighted by Gasteiger charge is -2.13. The van der Waals surface area contributed by atoms with Crippen LogP contribution in [-0.2, 0) is 16.1 Å². The van der Waals surface area contributed by atoms with E-state index in [0.29, 0.717) is 33.0 Å². The molecule has 0 atom stereocenters. The summed E-state index contributed by atoms with van der Waals surface area (Å²) in [5, 5.41) is 11.2. The van der Waals surface area contributed by atoms with Gasteiger partial charge >= 0.3 is 5.97 Å². The third-order valence-electron chi connectivity index (χ3n) is 5.76. The quantitative estimate of drug-likeness (QED) is 0.252. The highest BCUT2D eigenvalue weighted by Crippen LogP contribution is 2.42. The van der Waals surface area contributed by atoms with E-state index in [0.717, 1.165) is 22.9 Å². The Bertz CT molecular complexity index is 1550. The largest absolute Gasteiger partial charge is 0.506 e. The van der Waals surface area contributed by atoms with Gasteiger partial charge in [-0.2, -0.15) is 0 Å². The number of rotatable bonds is 8. The van der Waals surface area contributed by atoms with E-state index in [-0.39, 0.29) is 33.6 Å². The summed E-state index contributed by atoms with van der Waals surface area (Å²) in [4.78, 5) is 30.0. The van der Waals surface area contributed by atoms with Gasteiger partial charge in [0.25, 0.3) is 5.91 Å². The molecule has 0 radical (unpaired) electrons. The minimum absolute atomic E-state index is 0.00765. The molecule has 4 rings (SSSR count). The zero-order valence-electron chi connectivity index (χ0n) is 21.9. The number of thioether (sulfide) groups is 1. The van der Waals surface area contributed by atoms with Gasteiger partial charge in [-0.1, -0.05) is 81.3 Å². The first-order valence-electron chi connectivity index (χ1n) is 12.2. The topological polar surface area (TPSA) is 94.4 Å². The molecule has 0 aliphatic carbocycles. The zero-order chi connectivity index (χ0) is 28.8. The van der Waals surface area contributed by atoms with Gasteiger partial charge in [-0.3, -0.25) is 4.79 Å². The zero-order valence-corrected chi connectivity index (χ0v) is 25.0. The average molecular weight is 643 g/mol. The molecule has 1 aliphatic rings. The van der Waals surface area contributed by atoms with Gasteiger partial charge in [0.1, 0.15) is 23.0 Å². The predicted octanol–water partition coefficient (Wildman–Crippen LogP) is 7.70. The van der Waals surface area contributed by atoms with Gasteiger partial charge in [-0.15, -0.1) is 0 Å². The smallest absolute Gasteiger partial charge is 0.344 e. The summed E-state index contributed by atoms with van der Waals surface area (Å²) in [6.07, 6.45) is 1.65. The Kier molecular flexibility index (Phi) is 9.73. The number of amides is 1. The van der Waals surface area contributed by atoms with Crippen molar-refractivity contribution < 1.29 is 28.9 Å². The molecule has 0 spiro atoms. The van der Waals surface area contributed by atoms with Crippen LogP contribution in [0.2, 0.25) is 5.02 Å². The molecule has 3 aromatic carbocycles. The first-order chi connectivity index (χ1) is 19.2. The number of halogens is 2. The third kappa shape index (κ3) is 6.78. The van der Waals surface area contributed by atoms with E-state index in [2.05, 4.69) is 20.9 Å². The van der Waals surface area contributed by atoms with E-state index in [4.69, 9.17) is 25.8 Å². The second-order valence-electron chi connectivity index (χ2n) is 8.56. The van der Waals surface area contributed by atoms with E-state index in [9.17, 15) is 14.7 Å². The van der Waals surface area contributed by atoms with Crippen LogP contribution in [0, 0.1) is 6.92 Å². The Morgan fingerprint density at radius 2 is 1.82 bits per heavy atom. The van der Waals surface area contributed by atoms with Crippen molar-refractivity contribution in [2.75, 3.05) is 13.7 Å². The van der Waals surface area contributed by atoms with Crippen LogP contribution in [0.15, 0.2) is 86.4 Å². The van der Waals surface area contributed by atoms with Crippen LogP contribution in [0.1, 0.15) is 34.0 Å². The van der Waals surface area contributed by atoms with Crippen LogP contribution in [0.25, 0.3) is 6.08 Å². The highest BCUT2D eigenvalue weighted by Gasteiger charge is 2.34. The van der Waals surface area contributed by atoms with E-state index >= 15 is 0 Å². The molecule has 0 bridgehead atoms. The normalized spacial score (nSPS) is 15.0. The number of ether oxygens (including phenoxy) is 3. The van der Waals surface area contributed by atoms with Gasteiger partial charge in [0.05, 0.1) is 29.2 Å². The second kappa shape index (κ2) is 13.2. The van der Waals surface area contributed by atoms with Crippen molar-refractivity contribution in [2.45, 2.75) is 20.5 Å². The Morgan fingerprint density at radius 1 is 1.10 bits per heavy atom. The van der Waals surface area contributed by atoms with Crippen LogP contribution in [0.3, 0.4) is 0 Å². The molecule has 1 aliphatic heterocycles. The lowest BCUT2D eigenvalue weighted by atomic mass is 10.1. The third-order valence-corrected chi connectivity index (χ3v) is 7.80. The molecule has 40 heavy (non-hydrogen) atoms. The van der Waals surface area contributed by atoms with Crippen molar-refractivity contribution in [2.24, 2.45) is 4.99 Å². The number of methoxy groups -OCH3 is 1. The van der Waals surface area contributed by atoms with Gasteiger partial charge in [0, 0.05) is 4.47 Å². The fraction of sp³-hybridized carbons (Fsp3) is 0.167. The highest BCUT2D eigenvalue weighted by molar-refractivity contribution is 9.10. The first-order valence-corrected chi connectivity index (χ1v) is 14.1. The molecule has 0 saturated heterocycles. The number of aliphatic imine (C=N–C) groups is 1. The molecule has 0 aromatic heterocycles. The predicted molar refractivity (Wildman–Crippen MR) is 161 cm³/mol. The van der Waals surface area contributed by atoms with E-state index in [1.54, 1.807) is 43.3 Å². The second-order valence-corrected chi connectivity index (χ2v) is 10.8. The van der Waals surface area contributed by atoms with Crippen molar-refractivity contribution in [3.63, 3.8) is 0 Å². The van der Waals surface area contributed by atoms with Crippen LogP contribution in [-0.4, -0.2) is 35.7 Å². The molecule has 7 nitrogen and oxygen atoms in total. The molecule has 1 amide bonds. The summed E-state index contributed by atoms with van der Waals surface area (Å²) in [7, 11) is 1.53. The van der Waals surface area contributed by atoms with Gasteiger partial charge in [0.2, 0.25) is 0 Å². The van der Waals surface area contributed by atoms with Crippen molar-refractivity contribution in [3.8, 4) is 11.5 Å². The van der Waals surface area contributed by atoms with Crippen molar-refractivity contribution in [3.05, 3.63) is 109 Å². The number of esters is 1. The molecule has 0 saturated carbocycles. The van der Waals surface area contributed by atoms with E-state index < -0.39 is 11.9 Å². The van der Waals surface area contributed by atoms with Crippen molar-refractivity contribution in [1.82, 2.24) is 0 Å². The van der Waals surface area contributed by atoms with Crippen LogP contribution >= 0.6 is 39.3 Å². The van der Waals surface area contributed by atoms with Gasteiger partial charge in [-0.25, -0.2) is 9.79 Å². The number of aryl methyl sites for hydroxylation is 1. The lowest BCUT2D eigenvalue weighted by molar-refractivity contribution is -0.138. The Hall–Kier alpha value is -3.53. The summed E-state index contributed by atoms with van der Waals surface area (Å²) in [6, 6.07) is 18.0. The van der Waals surface area contributed by atoms with Gasteiger partial charge in [0.15, 0.2) is 11.5 Å². The number of benzene rings is 3. The number of nitrogens with zero attached hydrogens (tertiary/aromatic N) is 1. The fourth-order valence-electron chi connectivity index (χ4n) is 3.70. The number of aliphatic hydroxyl groups excluding tert-OH is 1. The molecular formula is C30H25BrClNO6S. The standard InChI is InChI=1S/C30H25BrClNO6S/c1-4-38-30(36)26-27(34)25(40-29(26)33-28(35)20-7-5-6-8-22(20)32)14-19-13-23(37-3)24(15-21(19)31)39-16-18-11-9-17(2)10-12-18/h5-15,34H,4,16H2,1-3H3/b25-14-,33-29?. The number of aliphatic hydroxyl groups is 1. The van der Waals surface area contributed by atoms with Crippen molar-refractivity contribution in [1.29, 1.82) is 0 Å². The number of carbonyl (C=O) groups is 2. The molecule has 3 aromatic rings. The molecule has 10 heteroatoms. The van der Waals surface area contributed by atoms with Crippen LogP contribution in [0.4, 0.5) is 0 Å². The minimum Gasteiger partial charge on any atom is -0.506 e. The molecule has 0 unspecified atom stereocenters. The van der Waals surface area contributed by atoms with Gasteiger partial charge < -0.3 is 19.3 Å². The number of hydrogen-bond donors (Lipinski definition) is 1. The average Bonchev–Trinajstić information content (AvgIpc) is 3.23. The molecule has 0 fully saturated rings. The van der Waals surface area contributed by atoms with Crippen molar-refractivity contribution >= 4 is 62.3 Å².